The number of rotatable bonds is 3. The Bertz CT molecular complexity index is 266. The summed E-state index contributed by atoms with van der Waals surface area (Å²) in [5.74, 6) is 0.173. The Morgan fingerprint density at radius 1 is 1.31 bits per heavy atom. The van der Waals surface area contributed by atoms with E-state index in [-0.39, 0.29) is 5.92 Å². The molecule has 0 aliphatic rings. The van der Waals surface area contributed by atoms with Crippen molar-refractivity contribution in [1.82, 2.24) is 0 Å². The van der Waals surface area contributed by atoms with Crippen molar-refractivity contribution in [3.8, 4) is 0 Å². The summed E-state index contributed by atoms with van der Waals surface area (Å²) < 4.78 is 0. The summed E-state index contributed by atoms with van der Waals surface area (Å²) in [5, 5.41) is 11.7. The molecule has 1 atom stereocenters. The standard InChI is InChI=1S/C12H17O/c1-4-10-6-5-7-11(8-10)12(13)9(2)3/h5-9,12H,4H2,1-3H3. The van der Waals surface area contributed by atoms with Crippen molar-refractivity contribution in [2.45, 2.75) is 33.3 Å². The van der Waals surface area contributed by atoms with Crippen molar-refractivity contribution in [3.05, 3.63) is 35.4 Å². The highest BCUT2D eigenvalue weighted by Gasteiger charge is 2.13. The molecule has 1 unspecified atom stereocenters. The van der Waals surface area contributed by atoms with Gasteiger partial charge in [0.1, 0.15) is 6.10 Å². The second-order valence-electron chi connectivity index (χ2n) is 3.76. The van der Waals surface area contributed by atoms with E-state index in [1.807, 2.05) is 32.0 Å². The van der Waals surface area contributed by atoms with Crippen molar-refractivity contribution >= 4 is 0 Å². The molecule has 1 aromatic rings. The minimum absolute atomic E-state index is 0.173. The smallest absolute Gasteiger partial charge is 0.120 e. The van der Waals surface area contributed by atoms with Crippen LogP contribution in [0.4, 0.5) is 0 Å². The van der Waals surface area contributed by atoms with E-state index in [0.717, 1.165) is 12.0 Å². The van der Waals surface area contributed by atoms with E-state index in [9.17, 15) is 5.11 Å². The molecule has 0 aliphatic carbocycles. The Morgan fingerprint density at radius 2 is 2.00 bits per heavy atom. The normalized spacial score (nSPS) is 13.3. The first-order valence-corrected chi connectivity index (χ1v) is 4.89. The van der Waals surface area contributed by atoms with Crippen LogP contribution in [0.1, 0.15) is 38.0 Å². The van der Waals surface area contributed by atoms with Crippen molar-refractivity contribution < 1.29 is 5.11 Å². The SMILES string of the molecule is CCc1cccc(C([O])C(C)C)c1. The molecule has 0 heterocycles. The van der Waals surface area contributed by atoms with Crippen molar-refractivity contribution in [3.63, 3.8) is 0 Å². The lowest BCUT2D eigenvalue weighted by atomic mass is 9.97. The third kappa shape index (κ3) is 2.56. The van der Waals surface area contributed by atoms with Gasteiger partial charge in [0.05, 0.1) is 0 Å². The molecule has 1 radical (unpaired) electrons. The average Bonchev–Trinajstić information content (AvgIpc) is 2.16. The van der Waals surface area contributed by atoms with Crippen LogP contribution in [-0.2, 0) is 11.5 Å². The molecule has 0 amide bonds. The Balaban J connectivity index is 2.88. The van der Waals surface area contributed by atoms with Gasteiger partial charge < -0.3 is 0 Å². The molecule has 0 fully saturated rings. The molecule has 1 heteroatoms. The molecule has 1 aromatic carbocycles. The summed E-state index contributed by atoms with van der Waals surface area (Å²) in [6.45, 7) is 6.04. The van der Waals surface area contributed by atoms with Gasteiger partial charge in [-0.15, -0.1) is 0 Å². The third-order valence-electron chi connectivity index (χ3n) is 2.29. The van der Waals surface area contributed by atoms with Crippen LogP contribution in [0.3, 0.4) is 0 Å². The van der Waals surface area contributed by atoms with Crippen LogP contribution in [0, 0.1) is 5.92 Å². The lowest BCUT2D eigenvalue weighted by molar-refractivity contribution is 0.0487. The highest BCUT2D eigenvalue weighted by atomic mass is 16.3. The molecule has 1 rings (SSSR count). The quantitative estimate of drug-likeness (QED) is 0.674. The first-order valence-electron chi connectivity index (χ1n) is 4.89. The maximum atomic E-state index is 11.7. The van der Waals surface area contributed by atoms with E-state index in [0.29, 0.717) is 0 Å². The van der Waals surface area contributed by atoms with Crippen LogP contribution in [0.5, 0.6) is 0 Å². The number of hydrogen-bond donors (Lipinski definition) is 0. The molecule has 0 N–H and O–H groups in total. The van der Waals surface area contributed by atoms with Gasteiger partial charge in [0, 0.05) is 0 Å². The predicted octanol–water partition coefficient (Wildman–Crippen LogP) is 3.38. The average molecular weight is 177 g/mol. The number of benzene rings is 1. The number of hydrogen-bond acceptors (Lipinski definition) is 0. The third-order valence-corrected chi connectivity index (χ3v) is 2.29. The molecule has 71 valence electrons. The zero-order chi connectivity index (χ0) is 9.84. The van der Waals surface area contributed by atoms with Gasteiger partial charge in [-0.1, -0.05) is 45.0 Å². The largest absolute Gasteiger partial charge is 0.228 e. The summed E-state index contributed by atoms with van der Waals surface area (Å²) in [6.07, 6.45) is 0.421. The fraction of sp³-hybridized carbons (Fsp3) is 0.500. The van der Waals surface area contributed by atoms with Crippen LogP contribution < -0.4 is 0 Å². The van der Waals surface area contributed by atoms with Crippen LogP contribution in [0.25, 0.3) is 0 Å². The monoisotopic (exact) mass is 177 g/mol. The zero-order valence-electron chi connectivity index (χ0n) is 8.58. The molecule has 13 heavy (non-hydrogen) atoms. The van der Waals surface area contributed by atoms with Gasteiger partial charge in [0.15, 0.2) is 0 Å². The van der Waals surface area contributed by atoms with Gasteiger partial charge in [-0.25, -0.2) is 5.11 Å². The molecule has 0 aromatic heterocycles. The van der Waals surface area contributed by atoms with Crippen molar-refractivity contribution in [2.24, 2.45) is 5.92 Å². The summed E-state index contributed by atoms with van der Waals surface area (Å²) in [5.41, 5.74) is 2.17. The summed E-state index contributed by atoms with van der Waals surface area (Å²) in [4.78, 5) is 0. The summed E-state index contributed by atoms with van der Waals surface area (Å²) in [7, 11) is 0. The van der Waals surface area contributed by atoms with Crippen LogP contribution in [0.2, 0.25) is 0 Å². The van der Waals surface area contributed by atoms with Gasteiger partial charge in [-0.05, 0) is 23.5 Å². The van der Waals surface area contributed by atoms with Gasteiger partial charge in [-0.3, -0.25) is 0 Å². The van der Waals surface area contributed by atoms with Crippen molar-refractivity contribution in [2.75, 3.05) is 0 Å². The Hall–Kier alpha value is -0.820. The molecule has 1 nitrogen and oxygen atoms in total. The Kier molecular flexibility index (Phi) is 3.49. The topological polar surface area (TPSA) is 19.9 Å². The Morgan fingerprint density at radius 3 is 2.54 bits per heavy atom. The molecular weight excluding hydrogens is 160 g/mol. The van der Waals surface area contributed by atoms with E-state index >= 15 is 0 Å². The first-order chi connectivity index (χ1) is 6.15. The second-order valence-corrected chi connectivity index (χ2v) is 3.76. The minimum Gasteiger partial charge on any atom is -0.228 e. The summed E-state index contributed by atoms with van der Waals surface area (Å²) in [6, 6.07) is 7.99. The van der Waals surface area contributed by atoms with Crippen LogP contribution in [0.15, 0.2) is 24.3 Å². The van der Waals surface area contributed by atoms with Gasteiger partial charge in [-0.2, -0.15) is 0 Å². The number of aryl methyl sites for hydroxylation is 1. The van der Waals surface area contributed by atoms with Gasteiger partial charge >= 0.3 is 0 Å². The van der Waals surface area contributed by atoms with Gasteiger partial charge in [0.25, 0.3) is 0 Å². The lowest BCUT2D eigenvalue weighted by Gasteiger charge is -2.12. The van der Waals surface area contributed by atoms with Gasteiger partial charge in [0.2, 0.25) is 0 Å². The molecule has 0 aliphatic heterocycles. The summed E-state index contributed by atoms with van der Waals surface area (Å²) >= 11 is 0. The minimum atomic E-state index is -0.577. The highest BCUT2D eigenvalue weighted by molar-refractivity contribution is 5.25. The second kappa shape index (κ2) is 4.43. The first kappa shape index (κ1) is 10.3. The highest BCUT2D eigenvalue weighted by Crippen LogP contribution is 2.22. The van der Waals surface area contributed by atoms with E-state index in [1.54, 1.807) is 0 Å². The van der Waals surface area contributed by atoms with Crippen LogP contribution in [-0.4, -0.2) is 0 Å². The van der Waals surface area contributed by atoms with E-state index in [4.69, 9.17) is 0 Å². The van der Waals surface area contributed by atoms with E-state index < -0.39 is 6.10 Å². The maximum absolute atomic E-state index is 11.7. The zero-order valence-corrected chi connectivity index (χ0v) is 8.58. The van der Waals surface area contributed by atoms with Crippen LogP contribution >= 0.6 is 0 Å². The fourth-order valence-corrected chi connectivity index (χ4v) is 1.37. The lowest BCUT2D eigenvalue weighted by Crippen LogP contribution is -2.03. The van der Waals surface area contributed by atoms with E-state index in [1.165, 1.54) is 5.56 Å². The van der Waals surface area contributed by atoms with Crippen molar-refractivity contribution in [1.29, 1.82) is 0 Å². The fourth-order valence-electron chi connectivity index (χ4n) is 1.37. The molecule has 0 spiro atoms. The molecule has 0 bridgehead atoms. The molecule has 0 saturated carbocycles. The predicted molar refractivity (Wildman–Crippen MR) is 54.1 cm³/mol. The maximum Gasteiger partial charge on any atom is 0.120 e. The van der Waals surface area contributed by atoms with E-state index in [2.05, 4.69) is 13.0 Å². The Labute approximate surface area is 80.4 Å². The molecule has 0 saturated heterocycles. The molecular formula is C12H17O.